The van der Waals surface area contributed by atoms with Crippen molar-refractivity contribution in [3.05, 3.63) is 34.9 Å². The molecule has 0 aromatic heterocycles. The molecule has 3 nitrogen and oxygen atoms in total. The number of rotatable bonds is 6. The van der Waals surface area contributed by atoms with Gasteiger partial charge in [0, 0.05) is 11.4 Å². The number of carbonyl (C=O) groups excluding carboxylic acids is 2. The first-order chi connectivity index (χ1) is 8.22. The van der Waals surface area contributed by atoms with E-state index < -0.39 is 5.97 Å². The van der Waals surface area contributed by atoms with E-state index in [-0.39, 0.29) is 0 Å². The maximum Gasteiger partial charge on any atom is 0.338 e. The second-order valence-corrected chi connectivity index (χ2v) is 3.93. The molecule has 0 bridgehead atoms. The fourth-order valence-corrected chi connectivity index (χ4v) is 1.66. The van der Waals surface area contributed by atoms with Crippen molar-refractivity contribution in [1.82, 2.24) is 0 Å². The summed E-state index contributed by atoms with van der Waals surface area (Å²) in [6.07, 6.45) is 2.32. The van der Waals surface area contributed by atoms with E-state index in [1.807, 2.05) is 6.07 Å². The van der Waals surface area contributed by atoms with Gasteiger partial charge in [-0.25, -0.2) is 4.79 Å². The molecule has 0 amide bonds. The van der Waals surface area contributed by atoms with E-state index in [1.54, 1.807) is 19.1 Å². The van der Waals surface area contributed by atoms with Crippen LogP contribution in [0.5, 0.6) is 0 Å². The SMILES string of the molecule is CCOC(=O)c1ccc(CCCCl)cc1C=O. The molecule has 0 aliphatic heterocycles. The van der Waals surface area contributed by atoms with Crippen molar-refractivity contribution in [2.45, 2.75) is 19.8 Å². The second kappa shape index (κ2) is 7.07. The fourth-order valence-electron chi connectivity index (χ4n) is 1.53. The van der Waals surface area contributed by atoms with E-state index >= 15 is 0 Å². The third kappa shape index (κ3) is 3.86. The minimum absolute atomic E-state index is 0.297. The van der Waals surface area contributed by atoms with Gasteiger partial charge in [0.25, 0.3) is 0 Å². The highest BCUT2D eigenvalue weighted by Gasteiger charge is 2.12. The maximum atomic E-state index is 11.5. The lowest BCUT2D eigenvalue weighted by atomic mass is 10.0. The molecule has 0 unspecified atom stereocenters. The molecule has 1 aromatic carbocycles. The number of ether oxygens (including phenoxy) is 1. The van der Waals surface area contributed by atoms with Crippen LogP contribution in [0.3, 0.4) is 0 Å². The number of esters is 1. The highest BCUT2D eigenvalue weighted by molar-refractivity contribution is 6.17. The van der Waals surface area contributed by atoms with E-state index in [2.05, 4.69) is 0 Å². The van der Waals surface area contributed by atoms with Crippen molar-refractivity contribution >= 4 is 23.9 Å². The first-order valence-electron chi connectivity index (χ1n) is 5.54. The highest BCUT2D eigenvalue weighted by Crippen LogP contribution is 2.13. The van der Waals surface area contributed by atoms with Crippen LogP contribution in [0.4, 0.5) is 0 Å². The summed E-state index contributed by atoms with van der Waals surface area (Å²) < 4.78 is 4.87. The van der Waals surface area contributed by atoms with Crippen LogP contribution in [0.1, 0.15) is 39.6 Å². The number of benzene rings is 1. The zero-order valence-electron chi connectivity index (χ0n) is 9.74. The lowest BCUT2D eigenvalue weighted by molar-refractivity contribution is 0.0524. The molecule has 0 fully saturated rings. The standard InChI is InChI=1S/C13H15ClO3/c1-2-17-13(16)12-6-5-10(4-3-7-14)8-11(12)9-15/h5-6,8-9H,2-4,7H2,1H3. The molecule has 4 heteroatoms. The molecular weight excluding hydrogens is 240 g/mol. The molecule has 0 aliphatic rings. The Morgan fingerprint density at radius 3 is 2.82 bits per heavy atom. The zero-order valence-corrected chi connectivity index (χ0v) is 10.5. The predicted octanol–water partition coefficient (Wildman–Crippen LogP) is 2.85. The molecule has 1 rings (SSSR count). The summed E-state index contributed by atoms with van der Waals surface area (Å²) in [4.78, 5) is 22.5. The van der Waals surface area contributed by atoms with Gasteiger partial charge in [-0.15, -0.1) is 11.6 Å². The Labute approximate surface area is 106 Å². The van der Waals surface area contributed by atoms with Gasteiger partial charge in [-0.2, -0.15) is 0 Å². The molecule has 0 spiro atoms. The summed E-state index contributed by atoms with van der Waals surface area (Å²) in [5, 5.41) is 0. The summed E-state index contributed by atoms with van der Waals surface area (Å²) >= 11 is 5.60. The van der Waals surface area contributed by atoms with Gasteiger partial charge in [-0.05, 0) is 37.5 Å². The van der Waals surface area contributed by atoms with Gasteiger partial charge in [0.15, 0.2) is 6.29 Å². The van der Waals surface area contributed by atoms with Crippen molar-refractivity contribution in [2.75, 3.05) is 12.5 Å². The lowest BCUT2D eigenvalue weighted by Gasteiger charge is -2.06. The van der Waals surface area contributed by atoms with Crippen LogP contribution in [0.25, 0.3) is 0 Å². The third-order valence-electron chi connectivity index (χ3n) is 2.34. The summed E-state index contributed by atoms with van der Waals surface area (Å²) in [5.74, 6) is 0.120. The van der Waals surface area contributed by atoms with E-state index in [0.29, 0.717) is 29.9 Å². The molecule has 0 atom stereocenters. The molecule has 92 valence electrons. The normalized spacial score (nSPS) is 10.0. The molecule has 0 saturated heterocycles. The van der Waals surface area contributed by atoms with Crippen LogP contribution in [-0.2, 0) is 11.2 Å². The van der Waals surface area contributed by atoms with Crippen molar-refractivity contribution in [3.8, 4) is 0 Å². The summed E-state index contributed by atoms with van der Waals surface area (Å²) in [6.45, 7) is 2.03. The van der Waals surface area contributed by atoms with Crippen LogP contribution < -0.4 is 0 Å². The van der Waals surface area contributed by atoms with Crippen LogP contribution in [0.15, 0.2) is 18.2 Å². The van der Waals surface area contributed by atoms with Gasteiger partial charge in [-0.1, -0.05) is 6.07 Å². The van der Waals surface area contributed by atoms with Gasteiger partial charge in [0.1, 0.15) is 0 Å². The van der Waals surface area contributed by atoms with Crippen LogP contribution in [0, 0.1) is 0 Å². The van der Waals surface area contributed by atoms with Crippen LogP contribution in [0.2, 0.25) is 0 Å². The van der Waals surface area contributed by atoms with Crippen molar-refractivity contribution < 1.29 is 14.3 Å². The highest BCUT2D eigenvalue weighted by atomic mass is 35.5. The molecule has 0 radical (unpaired) electrons. The summed E-state index contributed by atoms with van der Waals surface area (Å²) in [5.41, 5.74) is 1.69. The largest absolute Gasteiger partial charge is 0.462 e. The van der Waals surface area contributed by atoms with E-state index in [1.165, 1.54) is 0 Å². The molecule has 0 saturated carbocycles. The van der Waals surface area contributed by atoms with Crippen LogP contribution in [-0.4, -0.2) is 24.7 Å². The summed E-state index contributed by atoms with van der Waals surface area (Å²) in [7, 11) is 0. The Morgan fingerprint density at radius 2 is 2.24 bits per heavy atom. The average molecular weight is 255 g/mol. The smallest absolute Gasteiger partial charge is 0.338 e. The van der Waals surface area contributed by atoms with E-state index in [9.17, 15) is 9.59 Å². The van der Waals surface area contributed by atoms with Gasteiger partial charge in [0.2, 0.25) is 0 Å². The Bertz CT molecular complexity index is 402. The first-order valence-corrected chi connectivity index (χ1v) is 6.07. The van der Waals surface area contributed by atoms with Crippen molar-refractivity contribution in [3.63, 3.8) is 0 Å². The van der Waals surface area contributed by atoms with E-state index in [4.69, 9.17) is 16.3 Å². The lowest BCUT2D eigenvalue weighted by Crippen LogP contribution is -2.08. The monoisotopic (exact) mass is 254 g/mol. The minimum Gasteiger partial charge on any atom is -0.462 e. The molecule has 0 aliphatic carbocycles. The molecule has 0 N–H and O–H groups in total. The number of carbonyl (C=O) groups is 2. The second-order valence-electron chi connectivity index (χ2n) is 3.55. The van der Waals surface area contributed by atoms with Crippen molar-refractivity contribution in [2.24, 2.45) is 0 Å². The van der Waals surface area contributed by atoms with E-state index in [0.717, 1.165) is 18.4 Å². The van der Waals surface area contributed by atoms with Gasteiger partial charge in [0.05, 0.1) is 12.2 Å². The number of aldehydes is 1. The number of aryl methyl sites for hydroxylation is 1. The minimum atomic E-state index is -0.460. The predicted molar refractivity (Wildman–Crippen MR) is 66.8 cm³/mol. The molecule has 17 heavy (non-hydrogen) atoms. The Balaban J connectivity index is 2.92. The number of alkyl halides is 1. The molecule has 0 heterocycles. The quantitative estimate of drug-likeness (QED) is 0.445. The van der Waals surface area contributed by atoms with Crippen molar-refractivity contribution in [1.29, 1.82) is 0 Å². The summed E-state index contributed by atoms with van der Waals surface area (Å²) in [6, 6.07) is 5.17. The number of halogens is 1. The Morgan fingerprint density at radius 1 is 1.47 bits per heavy atom. The van der Waals surface area contributed by atoms with Gasteiger partial charge >= 0.3 is 5.97 Å². The topological polar surface area (TPSA) is 43.4 Å². The third-order valence-corrected chi connectivity index (χ3v) is 2.60. The first kappa shape index (κ1) is 13.7. The Kier molecular flexibility index (Phi) is 5.70. The zero-order chi connectivity index (χ0) is 12.7. The number of hydrogen-bond donors (Lipinski definition) is 0. The van der Waals surface area contributed by atoms with Gasteiger partial charge in [-0.3, -0.25) is 4.79 Å². The van der Waals surface area contributed by atoms with Gasteiger partial charge < -0.3 is 4.74 Å². The average Bonchev–Trinajstić information content (AvgIpc) is 2.36. The number of hydrogen-bond acceptors (Lipinski definition) is 3. The molecule has 1 aromatic rings. The maximum absolute atomic E-state index is 11.5. The Hall–Kier alpha value is -1.35. The molecular formula is C13H15ClO3. The fraction of sp³-hybridized carbons (Fsp3) is 0.385. The van der Waals surface area contributed by atoms with Crippen LogP contribution >= 0.6 is 11.6 Å².